The van der Waals surface area contributed by atoms with Gasteiger partial charge in [0.2, 0.25) is 11.8 Å². The summed E-state index contributed by atoms with van der Waals surface area (Å²) in [6, 6.07) is 5.31. The number of amides is 2. The van der Waals surface area contributed by atoms with Crippen molar-refractivity contribution in [2.45, 2.75) is 24.7 Å². The smallest absolute Gasteiger partial charge is 0.237 e. The van der Waals surface area contributed by atoms with Gasteiger partial charge in [-0.05, 0) is 18.2 Å². The van der Waals surface area contributed by atoms with E-state index in [1.54, 1.807) is 17.0 Å². The molecule has 5 nitrogen and oxygen atoms in total. The van der Waals surface area contributed by atoms with Crippen molar-refractivity contribution in [1.29, 1.82) is 0 Å². The predicted octanol–water partition coefficient (Wildman–Crippen LogP) is 1.59. The van der Waals surface area contributed by atoms with Gasteiger partial charge in [0.15, 0.2) is 5.78 Å². The summed E-state index contributed by atoms with van der Waals surface area (Å²) < 4.78 is 0. The van der Waals surface area contributed by atoms with E-state index in [2.05, 4.69) is 0 Å². The van der Waals surface area contributed by atoms with E-state index in [0.717, 1.165) is 10.6 Å². The number of nitrogens with two attached hydrogens (primary N) is 1. The zero-order valence-electron chi connectivity index (χ0n) is 11.2. The Labute approximate surface area is 121 Å². The highest BCUT2D eigenvalue weighted by atomic mass is 32.2. The fourth-order valence-corrected chi connectivity index (χ4v) is 3.02. The predicted molar refractivity (Wildman–Crippen MR) is 78.0 cm³/mol. The minimum Gasteiger partial charge on any atom is -0.370 e. The van der Waals surface area contributed by atoms with Crippen molar-refractivity contribution >= 4 is 35.0 Å². The van der Waals surface area contributed by atoms with Gasteiger partial charge in [0.25, 0.3) is 0 Å². The minimum atomic E-state index is -0.435. The molecule has 1 aromatic carbocycles. The van der Waals surface area contributed by atoms with E-state index < -0.39 is 5.91 Å². The van der Waals surface area contributed by atoms with E-state index in [4.69, 9.17) is 5.73 Å². The number of primary amides is 1. The van der Waals surface area contributed by atoms with Crippen LogP contribution >= 0.6 is 11.8 Å². The van der Waals surface area contributed by atoms with Gasteiger partial charge in [0, 0.05) is 29.8 Å². The molecule has 20 heavy (non-hydrogen) atoms. The van der Waals surface area contributed by atoms with Crippen LogP contribution in [-0.4, -0.2) is 29.9 Å². The van der Waals surface area contributed by atoms with Crippen LogP contribution in [0.25, 0.3) is 0 Å². The van der Waals surface area contributed by atoms with Crippen molar-refractivity contribution in [3.8, 4) is 0 Å². The third-order valence-corrected chi connectivity index (χ3v) is 4.16. The number of nitrogens with zero attached hydrogens (tertiary/aromatic N) is 1. The van der Waals surface area contributed by atoms with Crippen molar-refractivity contribution < 1.29 is 14.4 Å². The van der Waals surface area contributed by atoms with Crippen LogP contribution in [0.4, 0.5) is 5.69 Å². The summed E-state index contributed by atoms with van der Waals surface area (Å²) in [5.74, 6) is -0.0853. The maximum Gasteiger partial charge on any atom is 0.237 e. The molecule has 1 aliphatic rings. The van der Waals surface area contributed by atoms with E-state index in [9.17, 15) is 14.4 Å². The van der Waals surface area contributed by atoms with Crippen molar-refractivity contribution in [3.05, 3.63) is 23.8 Å². The van der Waals surface area contributed by atoms with Gasteiger partial charge in [-0.15, -0.1) is 11.8 Å². The molecule has 0 atom stereocenters. The second kappa shape index (κ2) is 6.09. The first-order valence-corrected chi connectivity index (χ1v) is 7.40. The molecule has 6 heteroatoms. The lowest BCUT2D eigenvalue weighted by atomic mass is 10.1. The Balaban J connectivity index is 2.29. The van der Waals surface area contributed by atoms with Crippen LogP contribution in [0.5, 0.6) is 0 Å². The molecule has 0 saturated carbocycles. The number of benzene rings is 1. The van der Waals surface area contributed by atoms with Gasteiger partial charge >= 0.3 is 0 Å². The lowest BCUT2D eigenvalue weighted by molar-refractivity contribution is -0.118. The molecule has 0 radical (unpaired) electrons. The van der Waals surface area contributed by atoms with Crippen LogP contribution < -0.4 is 10.6 Å². The Morgan fingerprint density at radius 1 is 1.40 bits per heavy atom. The Morgan fingerprint density at radius 3 is 2.80 bits per heavy atom. The number of carbonyl (C=O) groups excluding carboxylic acids is 3. The first-order chi connectivity index (χ1) is 9.52. The number of anilines is 1. The lowest BCUT2D eigenvalue weighted by Gasteiger charge is -2.29. The normalized spacial score (nSPS) is 14.1. The van der Waals surface area contributed by atoms with Crippen molar-refractivity contribution in [2.24, 2.45) is 5.73 Å². The van der Waals surface area contributed by atoms with Crippen LogP contribution in [0.2, 0.25) is 0 Å². The van der Waals surface area contributed by atoms with Crippen molar-refractivity contribution in [3.63, 3.8) is 0 Å². The molecule has 1 aliphatic heterocycles. The number of ketones is 1. The van der Waals surface area contributed by atoms with Gasteiger partial charge in [0.1, 0.15) is 0 Å². The van der Waals surface area contributed by atoms with Gasteiger partial charge in [-0.2, -0.15) is 0 Å². The van der Waals surface area contributed by atoms with Gasteiger partial charge in [-0.3, -0.25) is 14.4 Å². The second-order valence-corrected chi connectivity index (χ2v) is 5.53. The van der Waals surface area contributed by atoms with E-state index in [-0.39, 0.29) is 24.7 Å². The summed E-state index contributed by atoms with van der Waals surface area (Å²) in [5.41, 5.74) is 6.54. The van der Waals surface area contributed by atoms with Gasteiger partial charge in [0.05, 0.1) is 11.4 Å². The van der Waals surface area contributed by atoms with Crippen LogP contribution in [0.3, 0.4) is 0 Å². The van der Waals surface area contributed by atoms with E-state index in [1.165, 1.54) is 11.8 Å². The monoisotopic (exact) mass is 292 g/mol. The first kappa shape index (κ1) is 14.6. The highest BCUT2D eigenvalue weighted by molar-refractivity contribution is 8.00. The molecule has 2 amide bonds. The van der Waals surface area contributed by atoms with Gasteiger partial charge in [-0.1, -0.05) is 6.92 Å². The van der Waals surface area contributed by atoms with Gasteiger partial charge in [-0.25, -0.2) is 0 Å². The summed E-state index contributed by atoms with van der Waals surface area (Å²) in [4.78, 5) is 37.0. The molecule has 0 unspecified atom stereocenters. The largest absolute Gasteiger partial charge is 0.370 e. The summed E-state index contributed by atoms with van der Waals surface area (Å²) in [6.45, 7) is 2.10. The van der Waals surface area contributed by atoms with Gasteiger partial charge < -0.3 is 10.6 Å². The number of Topliss-reactive ketones (excluding diaryl/α,β-unsaturated/α-hetero) is 1. The Morgan fingerprint density at radius 2 is 2.15 bits per heavy atom. The van der Waals surface area contributed by atoms with Crippen LogP contribution in [0.15, 0.2) is 23.1 Å². The molecular formula is C14H16N2O3S. The Bertz CT molecular complexity index is 572. The highest BCUT2D eigenvalue weighted by Gasteiger charge is 2.25. The highest BCUT2D eigenvalue weighted by Crippen LogP contribution is 2.36. The first-order valence-electron chi connectivity index (χ1n) is 6.41. The second-order valence-electron chi connectivity index (χ2n) is 4.51. The Kier molecular flexibility index (Phi) is 4.44. The number of hydrogen-bond acceptors (Lipinski definition) is 4. The average molecular weight is 292 g/mol. The van der Waals surface area contributed by atoms with Crippen molar-refractivity contribution in [1.82, 2.24) is 0 Å². The molecule has 0 saturated heterocycles. The number of thioether (sulfide) groups is 1. The SMILES string of the molecule is CCC(=O)c1ccc2c(c1)SCC(=O)N2CCC(N)=O. The van der Waals surface area contributed by atoms with Crippen LogP contribution in [0, 0.1) is 0 Å². The number of hydrogen-bond donors (Lipinski definition) is 1. The minimum absolute atomic E-state index is 0.0432. The fourth-order valence-electron chi connectivity index (χ4n) is 2.05. The molecule has 2 rings (SSSR count). The van der Waals surface area contributed by atoms with Crippen molar-refractivity contribution in [2.75, 3.05) is 17.2 Å². The third kappa shape index (κ3) is 3.01. The zero-order chi connectivity index (χ0) is 14.7. The number of rotatable bonds is 5. The fraction of sp³-hybridized carbons (Fsp3) is 0.357. The average Bonchev–Trinajstić information content (AvgIpc) is 2.44. The standard InChI is InChI=1S/C14H16N2O3S/c1-2-11(17)9-3-4-10-12(7-9)20-8-14(19)16(10)6-5-13(15)18/h3-4,7H,2,5-6,8H2,1H3,(H2,15,18). The maximum absolute atomic E-state index is 11.9. The maximum atomic E-state index is 11.9. The topological polar surface area (TPSA) is 80.5 Å². The van der Waals surface area contributed by atoms with Crippen LogP contribution in [0.1, 0.15) is 30.1 Å². The van der Waals surface area contributed by atoms with E-state index in [1.807, 2.05) is 13.0 Å². The Hall–Kier alpha value is -1.82. The summed E-state index contributed by atoms with van der Waals surface area (Å²) in [7, 11) is 0. The zero-order valence-corrected chi connectivity index (χ0v) is 12.0. The number of fused-ring (bicyclic) bond motifs is 1. The molecule has 0 aromatic heterocycles. The summed E-state index contributed by atoms with van der Waals surface area (Å²) in [5, 5.41) is 0. The molecule has 106 valence electrons. The molecule has 2 N–H and O–H groups in total. The quantitative estimate of drug-likeness (QED) is 0.836. The van der Waals surface area contributed by atoms with Crippen LogP contribution in [-0.2, 0) is 9.59 Å². The summed E-state index contributed by atoms with van der Waals surface area (Å²) in [6.07, 6.45) is 0.583. The molecule has 1 heterocycles. The van der Waals surface area contributed by atoms with E-state index in [0.29, 0.717) is 17.7 Å². The summed E-state index contributed by atoms with van der Waals surface area (Å²) >= 11 is 1.42. The number of carbonyl (C=O) groups is 3. The lowest BCUT2D eigenvalue weighted by Crippen LogP contribution is -2.37. The molecule has 0 bridgehead atoms. The molecular weight excluding hydrogens is 276 g/mol. The van der Waals surface area contributed by atoms with E-state index >= 15 is 0 Å². The molecule has 0 aliphatic carbocycles. The third-order valence-electron chi connectivity index (χ3n) is 3.13. The molecule has 1 aromatic rings. The molecule has 0 spiro atoms. The molecule has 0 fully saturated rings.